The summed E-state index contributed by atoms with van der Waals surface area (Å²) in [6, 6.07) is 8.21. The molecule has 0 spiro atoms. The van der Waals surface area contributed by atoms with Gasteiger partial charge in [-0.2, -0.15) is 0 Å². The Morgan fingerprint density at radius 3 is 2.83 bits per heavy atom. The lowest BCUT2D eigenvalue weighted by molar-refractivity contribution is -0.123. The van der Waals surface area contributed by atoms with Crippen LogP contribution < -0.4 is 5.32 Å². The second-order valence-corrected chi connectivity index (χ2v) is 6.57. The molecule has 18 heavy (non-hydrogen) atoms. The standard InChI is InChI=1S/C15H20BrNO/c1-15(2,7-8-16)10-17-14(18)13-9-11-5-3-4-6-12(11)13/h3-6,13H,7-10H2,1-2H3,(H,17,18). The molecular formula is C15H20BrNO. The van der Waals surface area contributed by atoms with Crippen molar-refractivity contribution in [2.75, 3.05) is 11.9 Å². The van der Waals surface area contributed by atoms with Gasteiger partial charge >= 0.3 is 0 Å². The summed E-state index contributed by atoms with van der Waals surface area (Å²) in [7, 11) is 0. The summed E-state index contributed by atoms with van der Waals surface area (Å²) in [5, 5.41) is 4.07. The van der Waals surface area contributed by atoms with Crippen molar-refractivity contribution in [3.8, 4) is 0 Å². The van der Waals surface area contributed by atoms with Gasteiger partial charge in [0.05, 0.1) is 5.92 Å². The number of amides is 1. The van der Waals surface area contributed by atoms with Crippen LogP contribution in [0.4, 0.5) is 0 Å². The molecule has 1 aromatic rings. The molecule has 3 heteroatoms. The second kappa shape index (κ2) is 5.43. The maximum absolute atomic E-state index is 12.1. The lowest BCUT2D eigenvalue weighted by Gasteiger charge is -2.31. The predicted octanol–water partition coefficient (Wildman–Crippen LogP) is 3.25. The molecule has 0 aromatic heterocycles. The number of carbonyl (C=O) groups is 1. The van der Waals surface area contributed by atoms with Gasteiger partial charge in [0.1, 0.15) is 0 Å². The Bertz CT molecular complexity index is 442. The van der Waals surface area contributed by atoms with Crippen LogP contribution in [-0.4, -0.2) is 17.8 Å². The molecule has 0 heterocycles. The molecule has 0 saturated heterocycles. The van der Waals surface area contributed by atoms with Gasteiger partial charge in [-0.1, -0.05) is 54.0 Å². The van der Waals surface area contributed by atoms with Gasteiger partial charge in [0.2, 0.25) is 5.91 Å². The molecule has 2 nitrogen and oxygen atoms in total. The summed E-state index contributed by atoms with van der Waals surface area (Å²) >= 11 is 3.45. The molecule has 0 fully saturated rings. The lowest BCUT2D eigenvalue weighted by Crippen LogP contribution is -2.40. The van der Waals surface area contributed by atoms with Crippen molar-refractivity contribution in [2.45, 2.75) is 32.6 Å². The minimum absolute atomic E-state index is 0.0703. The fourth-order valence-electron chi connectivity index (χ4n) is 2.29. The number of benzene rings is 1. The van der Waals surface area contributed by atoms with Gasteiger partial charge in [-0.15, -0.1) is 0 Å². The van der Waals surface area contributed by atoms with Gasteiger partial charge < -0.3 is 5.32 Å². The second-order valence-electron chi connectivity index (χ2n) is 5.78. The molecule has 1 atom stereocenters. The quantitative estimate of drug-likeness (QED) is 0.831. The third kappa shape index (κ3) is 2.94. The van der Waals surface area contributed by atoms with Crippen LogP contribution in [0.25, 0.3) is 0 Å². The molecular weight excluding hydrogens is 290 g/mol. The van der Waals surface area contributed by atoms with E-state index in [4.69, 9.17) is 0 Å². The van der Waals surface area contributed by atoms with E-state index in [-0.39, 0.29) is 17.2 Å². The summed E-state index contributed by atoms with van der Waals surface area (Å²) in [6.45, 7) is 5.11. The van der Waals surface area contributed by atoms with Gasteiger partial charge in [0, 0.05) is 11.9 Å². The fourth-order valence-corrected chi connectivity index (χ4v) is 3.36. The third-order valence-electron chi connectivity index (χ3n) is 3.68. The average Bonchev–Trinajstić information content (AvgIpc) is 2.28. The molecule has 1 unspecified atom stereocenters. The summed E-state index contributed by atoms with van der Waals surface area (Å²) in [4.78, 5) is 12.1. The zero-order valence-electron chi connectivity index (χ0n) is 11.0. The number of hydrogen-bond donors (Lipinski definition) is 1. The monoisotopic (exact) mass is 309 g/mol. The molecule has 1 amide bonds. The zero-order chi connectivity index (χ0) is 13.2. The first-order chi connectivity index (χ1) is 8.53. The molecule has 0 saturated carbocycles. The van der Waals surface area contributed by atoms with E-state index in [0.29, 0.717) is 0 Å². The SMILES string of the molecule is CC(C)(CCBr)CNC(=O)C1Cc2ccccc21. The molecule has 98 valence electrons. The molecule has 1 N–H and O–H groups in total. The van der Waals surface area contributed by atoms with E-state index in [1.165, 1.54) is 11.1 Å². The largest absolute Gasteiger partial charge is 0.355 e. The predicted molar refractivity (Wildman–Crippen MR) is 78.1 cm³/mol. The van der Waals surface area contributed by atoms with Crippen LogP contribution in [-0.2, 0) is 11.2 Å². The van der Waals surface area contributed by atoms with Crippen molar-refractivity contribution in [1.29, 1.82) is 0 Å². The van der Waals surface area contributed by atoms with Crippen LogP contribution in [0.2, 0.25) is 0 Å². The van der Waals surface area contributed by atoms with Crippen LogP contribution in [0.15, 0.2) is 24.3 Å². The van der Waals surface area contributed by atoms with E-state index < -0.39 is 0 Å². The molecule has 0 radical (unpaired) electrons. The Morgan fingerprint density at radius 1 is 1.44 bits per heavy atom. The highest BCUT2D eigenvalue weighted by Gasteiger charge is 2.32. The molecule has 2 rings (SSSR count). The van der Waals surface area contributed by atoms with Crippen molar-refractivity contribution in [3.63, 3.8) is 0 Å². The number of nitrogens with one attached hydrogen (secondary N) is 1. The molecule has 1 aliphatic carbocycles. The Kier molecular flexibility index (Phi) is 4.10. The van der Waals surface area contributed by atoms with Gasteiger partial charge in [-0.25, -0.2) is 0 Å². The van der Waals surface area contributed by atoms with Crippen molar-refractivity contribution in [1.82, 2.24) is 5.32 Å². The molecule has 1 aliphatic rings. The van der Waals surface area contributed by atoms with Gasteiger partial charge in [0.15, 0.2) is 0 Å². The number of alkyl halides is 1. The van der Waals surface area contributed by atoms with Crippen LogP contribution in [0.3, 0.4) is 0 Å². The highest BCUT2D eigenvalue weighted by Crippen LogP contribution is 2.35. The number of rotatable bonds is 5. The van der Waals surface area contributed by atoms with Gasteiger partial charge in [-0.3, -0.25) is 4.79 Å². The Balaban J connectivity index is 1.88. The number of carbonyl (C=O) groups excluding carboxylic acids is 1. The van der Waals surface area contributed by atoms with Crippen LogP contribution in [0, 0.1) is 5.41 Å². The van der Waals surface area contributed by atoms with E-state index in [9.17, 15) is 4.79 Å². The smallest absolute Gasteiger partial charge is 0.227 e. The first-order valence-corrected chi connectivity index (χ1v) is 7.57. The Morgan fingerprint density at radius 2 is 2.17 bits per heavy atom. The summed E-state index contributed by atoms with van der Waals surface area (Å²) < 4.78 is 0. The minimum Gasteiger partial charge on any atom is -0.355 e. The maximum atomic E-state index is 12.1. The number of hydrogen-bond acceptors (Lipinski definition) is 1. The Labute approximate surface area is 117 Å². The van der Waals surface area contributed by atoms with Gasteiger partial charge in [-0.05, 0) is 29.4 Å². The summed E-state index contributed by atoms with van der Waals surface area (Å²) in [5.41, 5.74) is 2.67. The topological polar surface area (TPSA) is 29.1 Å². The average molecular weight is 310 g/mol. The van der Waals surface area contributed by atoms with Crippen LogP contribution >= 0.6 is 15.9 Å². The van der Waals surface area contributed by atoms with Crippen LogP contribution in [0.5, 0.6) is 0 Å². The van der Waals surface area contributed by atoms with E-state index in [2.05, 4.69) is 47.2 Å². The highest BCUT2D eigenvalue weighted by atomic mass is 79.9. The molecule has 1 aromatic carbocycles. The molecule has 0 aliphatic heterocycles. The third-order valence-corrected chi connectivity index (χ3v) is 4.08. The van der Waals surface area contributed by atoms with E-state index in [0.717, 1.165) is 24.7 Å². The lowest BCUT2D eigenvalue weighted by atomic mass is 9.77. The summed E-state index contributed by atoms with van der Waals surface area (Å²) in [5.74, 6) is 0.248. The summed E-state index contributed by atoms with van der Waals surface area (Å²) in [6.07, 6.45) is 1.95. The maximum Gasteiger partial charge on any atom is 0.227 e. The van der Waals surface area contributed by atoms with E-state index in [1.54, 1.807) is 0 Å². The van der Waals surface area contributed by atoms with Crippen molar-refractivity contribution >= 4 is 21.8 Å². The normalized spacial score (nSPS) is 17.8. The van der Waals surface area contributed by atoms with Gasteiger partial charge in [0.25, 0.3) is 0 Å². The van der Waals surface area contributed by atoms with Crippen molar-refractivity contribution < 1.29 is 4.79 Å². The zero-order valence-corrected chi connectivity index (χ0v) is 12.6. The molecule has 0 bridgehead atoms. The van der Waals surface area contributed by atoms with Crippen LogP contribution in [0.1, 0.15) is 37.3 Å². The van der Waals surface area contributed by atoms with E-state index in [1.807, 2.05) is 12.1 Å². The van der Waals surface area contributed by atoms with E-state index >= 15 is 0 Å². The van der Waals surface area contributed by atoms with Crippen molar-refractivity contribution in [2.24, 2.45) is 5.41 Å². The first kappa shape index (κ1) is 13.6. The highest BCUT2D eigenvalue weighted by molar-refractivity contribution is 9.09. The number of fused-ring (bicyclic) bond motifs is 1. The Hall–Kier alpha value is -0.830. The first-order valence-electron chi connectivity index (χ1n) is 6.45. The minimum atomic E-state index is 0.0703. The fraction of sp³-hybridized carbons (Fsp3) is 0.533. The number of halogens is 1. The van der Waals surface area contributed by atoms with Crippen molar-refractivity contribution in [3.05, 3.63) is 35.4 Å².